The molecule has 0 radical (unpaired) electrons. The number of imide groups is 1. The topological polar surface area (TPSA) is 54.5 Å². The fourth-order valence-corrected chi connectivity index (χ4v) is 1.81. The monoisotopic (exact) mass is 221 g/mol. The minimum Gasteiger partial charge on any atom is -0.301 e. The van der Waals surface area contributed by atoms with Crippen LogP contribution in [-0.4, -0.2) is 28.8 Å². The molecule has 0 aromatic heterocycles. The van der Waals surface area contributed by atoms with Crippen LogP contribution >= 0.6 is 9.24 Å². The van der Waals surface area contributed by atoms with Gasteiger partial charge in [-0.15, -0.1) is 9.24 Å². The molecule has 1 aliphatic heterocycles. The van der Waals surface area contributed by atoms with Crippen molar-refractivity contribution in [3.8, 4) is 0 Å². The number of nitrogens with zero attached hydrogens (tertiary/aromatic N) is 1. The number of amides is 2. The highest BCUT2D eigenvalue weighted by molar-refractivity contribution is 7.19. The van der Waals surface area contributed by atoms with Gasteiger partial charge in [0.2, 0.25) is 0 Å². The number of rotatable bonds is 2. The zero-order valence-corrected chi connectivity index (χ0v) is 8.87. The average Bonchev–Trinajstić information content (AvgIpc) is 2.52. The molecule has 76 valence electrons. The van der Waals surface area contributed by atoms with Crippen molar-refractivity contribution in [2.75, 3.05) is 0 Å². The van der Waals surface area contributed by atoms with Crippen LogP contribution in [0.15, 0.2) is 24.3 Å². The number of hydrogen-bond acceptors (Lipinski definition) is 3. The van der Waals surface area contributed by atoms with E-state index in [4.69, 9.17) is 0 Å². The van der Waals surface area contributed by atoms with Crippen LogP contribution in [0.3, 0.4) is 0 Å². The first-order chi connectivity index (χ1) is 7.16. The molecule has 15 heavy (non-hydrogen) atoms. The van der Waals surface area contributed by atoms with Gasteiger partial charge in [-0.1, -0.05) is 12.1 Å². The third-order valence-electron chi connectivity index (χ3n) is 2.26. The fourth-order valence-electron chi connectivity index (χ4n) is 1.54. The van der Waals surface area contributed by atoms with E-state index in [1.807, 2.05) is 0 Å². The Labute approximate surface area is 88.5 Å². The maximum absolute atomic E-state index is 11.7. The molecule has 0 aliphatic carbocycles. The first kappa shape index (κ1) is 9.99. The number of carbonyl (C=O) groups is 3. The molecular formula is C10H8NO3P. The van der Waals surface area contributed by atoms with Crippen LogP contribution < -0.4 is 0 Å². The Morgan fingerprint density at radius 3 is 2.00 bits per heavy atom. The number of hydrogen-bond donors (Lipinski definition) is 0. The Morgan fingerprint density at radius 1 is 1.13 bits per heavy atom. The number of benzene rings is 1. The summed E-state index contributed by atoms with van der Waals surface area (Å²) in [5.74, 6) is -1.62. The van der Waals surface area contributed by atoms with Crippen LogP contribution in [-0.2, 0) is 4.79 Å². The third kappa shape index (κ3) is 1.38. The molecule has 1 aromatic rings. The van der Waals surface area contributed by atoms with E-state index < -0.39 is 17.6 Å². The standard InChI is InChI=1S/C10H8NO3P/c12-5-8(15)11-9(13)6-3-1-2-4-7(6)10(11)14/h1-5,8H,15H2. The molecular weight excluding hydrogens is 213 g/mol. The Hall–Kier alpha value is -1.54. The Morgan fingerprint density at radius 2 is 1.60 bits per heavy atom. The van der Waals surface area contributed by atoms with Gasteiger partial charge in [0, 0.05) is 0 Å². The largest absolute Gasteiger partial charge is 0.301 e. The van der Waals surface area contributed by atoms with Gasteiger partial charge in [-0.2, -0.15) is 0 Å². The summed E-state index contributed by atoms with van der Waals surface area (Å²) in [4.78, 5) is 35.0. The highest BCUT2D eigenvalue weighted by Crippen LogP contribution is 2.25. The second kappa shape index (κ2) is 3.55. The molecule has 2 atom stereocenters. The van der Waals surface area contributed by atoms with Crippen molar-refractivity contribution >= 4 is 27.3 Å². The van der Waals surface area contributed by atoms with Crippen molar-refractivity contribution in [3.05, 3.63) is 35.4 Å². The molecule has 2 unspecified atom stereocenters. The van der Waals surface area contributed by atoms with Crippen LogP contribution in [0.1, 0.15) is 20.7 Å². The van der Waals surface area contributed by atoms with Crippen molar-refractivity contribution in [1.29, 1.82) is 0 Å². The normalized spacial score (nSPS) is 16.5. The van der Waals surface area contributed by atoms with Gasteiger partial charge >= 0.3 is 0 Å². The minimum atomic E-state index is -0.794. The highest BCUT2D eigenvalue weighted by Gasteiger charge is 2.37. The lowest BCUT2D eigenvalue weighted by molar-refractivity contribution is -0.109. The molecule has 4 nitrogen and oxygen atoms in total. The van der Waals surface area contributed by atoms with Gasteiger partial charge in [-0.3, -0.25) is 14.5 Å². The van der Waals surface area contributed by atoms with Crippen LogP contribution in [0.25, 0.3) is 0 Å². The van der Waals surface area contributed by atoms with Gasteiger partial charge in [0.15, 0.2) is 0 Å². The molecule has 2 rings (SSSR count). The maximum atomic E-state index is 11.7. The van der Waals surface area contributed by atoms with Gasteiger partial charge in [-0.05, 0) is 12.1 Å². The smallest absolute Gasteiger partial charge is 0.262 e. The van der Waals surface area contributed by atoms with Crippen molar-refractivity contribution in [2.45, 2.75) is 5.78 Å². The maximum Gasteiger partial charge on any atom is 0.262 e. The summed E-state index contributed by atoms with van der Waals surface area (Å²) in [6, 6.07) is 6.54. The highest BCUT2D eigenvalue weighted by atomic mass is 31.0. The lowest BCUT2D eigenvalue weighted by Crippen LogP contribution is -2.36. The fraction of sp³-hybridized carbons (Fsp3) is 0.100. The van der Waals surface area contributed by atoms with Gasteiger partial charge in [0.1, 0.15) is 12.1 Å². The third-order valence-corrected chi connectivity index (χ3v) is 2.72. The van der Waals surface area contributed by atoms with E-state index in [-0.39, 0.29) is 0 Å². The second-order valence-corrected chi connectivity index (χ2v) is 3.84. The Balaban J connectivity index is 2.50. The Kier molecular flexibility index (Phi) is 2.37. The van der Waals surface area contributed by atoms with E-state index in [2.05, 4.69) is 9.24 Å². The van der Waals surface area contributed by atoms with Crippen LogP contribution in [0.5, 0.6) is 0 Å². The molecule has 0 saturated heterocycles. The molecule has 1 heterocycles. The SMILES string of the molecule is O=CC(P)N1C(=O)c2ccccc2C1=O. The summed E-state index contributed by atoms with van der Waals surface area (Å²) in [6.45, 7) is 0. The van der Waals surface area contributed by atoms with Gasteiger partial charge in [-0.25, -0.2) is 0 Å². The minimum absolute atomic E-state index is 0.358. The van der Waals surface area contributed by atoms with E-state index in [1.165, 1.54) is 0 Å². The first-order valence-corrected chi connectivity index (χ1v) is 5.01. The summed E-state index contributed by atoms with van der Waals surface area (Å²) in [5, 5.41) is 0. The van der Waals surface area contributed by atoms with Crippen molar-refractivity contribution in [2.24, 2.45) is 0 Å². The molecule has 1 aliphatic rings. The molecule has 0 saturated carbocycles. The zero-order chi connectivity index (χ0) is 11.0. The summed E-state index contributed by atoms with van der Waals surface area (Å²) >= 11 is 0. The molecule has 0 spiro atoms. The van der Waals surface area contributed by atoms with Crippen molar-refractivity contribution < 1.29 is 14.4 Å². The summed E-state index contributed by atoms with van der Waals surface area (Å²) in [6.07, 6.45) is 0.548. The van der Waals surface area contributed by atoms with Gasteiger partial charge in [0.05, 0.1) is 11.1 Å². The van der Waals surface area contributed by atoms with E-state index in [9.17, 15) is 14.4 Å². The summed E-state index contributed by atoms with van der Waals surface area (Å²) < 4.78 is 0. The average molecular weight is 221 g/mol. The van der Waals surface area contributed by atoms with Gasteiger partial charge in [0.25, 0.3) is 11.8 Å². The second-order valence-electron chi connectivity index (χ2n) is 3.15. The van der Waals surface area contributed by atoms with Crippen LogP contribution in [0.4, 0.5) is 0 Å². The number of aldehydes is 1. The number of fused-ring (bicyclic) bond motifs is 1. The first-order valence-electron chi connectivity index (χ1n) is 4.34. The summed E-state index contributed by atoms with van der Waals surface area (Å²) in [7, 11) is 2.16. The van der Waals surface area contributed by atoms with E-state index in [0.717, 1.165) is 4.90 Å². The predicted octanol–water partition coefficient (Wildman–Crippen LogP) is 0.683. The lowest BCUT2D eigenvalue weighted by Gasteiger charge is -2.16. The molecule has 0 N–H and O–H groups in total. The van der Waals surface area contributed by atoms with E-state index >= 15 is 0 Å². The van der Waals surface area contributed by atoms with E-state index in [0.29, 0.717) is 17.4 Å². The number of carbonyl (C=O) groups excluding carboxylic acids is 3. The zero-order valence-electron chi connectivity index (χ0n) is 7.71. The lowest BCUT2D eigenvalue weighted by atomic mass is 10.1. The van der Waals surface area contributed by atoms with E-state index in [1.54, 1.807) is 24.3 Å². The predicted molar refractivity (Wildman–Crippen MR) is 56.5 cm³/mol. The van der Waals surface area contributed by atoms with Crippen LogP contribution in [0, 0.1) is 0 Å². The summed E-state index contributed by atoms with van der Waals surface area (Å²) in [5.41, 5.74) is 0.716. The van der Waals surface area contributed by atoms with Crippen molar-refractivity contribution in [3.63, 3.8) is 0 Å². The molecule has 0 fully saturated rings. The molecule has 2 amide bonds. The molecule has 0 bridgehead atoms. The van der Waals surface area contributed by atoms with Crippen molar-refractivity contribution in [1.82, 2.24) is 4.90 Å². The molecule has 1 aromatic carbocycles. The van der Waals surface area contributed by atoms with Gasteiger partial charge < -0.3 is 4.79 Å². The molecule has 5 heteroatoms. The Bertz CT molecular complexity index is 423. The quantitative estimate of drug-likeness (QED) is 0.419. The van der Waals surface area contributed by atoms with Crippen LogP contribution in [0.2, 0.25) is 0 Å².